The molecule has 1 aromatic heterocycles. The summed E-state index contributed by atoms with van der Waals surface area (Å²) in [7, 11) is 1.24. The number of benzene rings is 2. The molecule has 3 aromatic rings. The van der Waals surface area contributed by atoms with E-state index in [1.807, 2.05) is 18.2 Å². The van der Waals surface area contributed by atoms with Gasteiger partial charge in [0.2, 0.25) is 5.76 Å². The van der Waals surface area contributed by atoms with Crippen molar-refractivity contribution in [3.63, 3.8) is 0 Å². The van der Waals surface area contributed by atoms with Crippen molar-refractivity contribution in [1.82, 2.24) is 0 Å². The van der Waals surface area contributed by atoms with Crippen LogP contribution in [0.4, 0.5) is 0 Å². The SMILES string of the molecule is COC(=O)c1occc1COC(=O)c1ccc2c(c1)C(=O)c1ccccc1-2. The van der Waals surface area contributed by atoms with Gasteiger partial charge in [0.25, 0.3) is 0 Å². The summed E-state index contributed by atoms with van der Waals surface area (Å²) in [6, 6.07) is 13.8. The van der Waals surface area contributed by atoms with Gasteiger partial charge in [0.05, 0.1) is 18.9 Å². The number of ketones is 1. The smallest absolute Gasteiger partial charge is 0.374 e. The summed E-state index contributed by atoms with van der Waals surface area (Å²) in [5.74, 6) is -1.37. The number of rotatable bonds is 4. The van der Waals surface area contributed by atoms with Gasteiger partial charge in [-0.05, 0) is 29.3 Å². The summed E-state index contributed by atoms with van der Waals surface area (Å²) in [4.78, 5) is 36.5. The average molecular weight is 362 g/mol. The third-order valence-corrected chi connectivity index (χ3v) is 4.44. The van der Waals surface area contributed by atoms with Gasteiger partial charge in [-0.25, -0.2) is 9.59 Å². The molecule has 0 spiro atoms. The van der Waals surface area contributed by atoms with Gasteiger partial charge in [0, 0.05) is 16.7 Å². The number of carbonyl (C=O) groups excluding carboxylic acids is 3. The predicted molar refractivity (Wildman–Crippen MR) is 94.5 cm³/mol. The van der Waals surface area contributed by atoms with Gasteiger partial charge >= 0.3 is 11.9 Å². The van der Waals surface area contributed by atoms with Crippen LogP contribution in [0.2, 0.25) is 0 Å². The molecule has 0 radical (unpaired) electrons. The Labute approximate surface area is 154 Å². The van der Waals surface area contributed by atoms with Crippen LogP contribution in [0.1, 0.15) is 42.4 Å². The van der Waals surface area contributed by atoms with E-state index in [-0.39, 0.29) is 23.7 Å². The van der Waals surface area contributed by atoms with Crippen LogP contribution < -0.4 is 0 Å². The molecule has 27 heavy (non-hydrogen) atoms. The normalized spacial score (nSPS) is 11.7. The van der Waals surface area contributed by atoms with Crippen LogP contribution in [0.5, 0.6) is 0 Å². The lowest BCUT2D eigenvalue weighted by Crippen LogP contribution is -2.09. The zero-order chi connectivity index (χ0) is 19.0. The number of hydrogen-bond acceptors (Lipinski definition) is 6. The predicted octanol–water partition coefficient (Wildman–Crippen LogP) is 3.63. The highest BCUT2D eigenvalue weighted by molar-refractivity contribution is 6.22. The van der Waals surface area contributed by atoms with E-state index in [9.17, 15) is 14.4 Å². The van der Waals surface area contributed by atoms with Crippen LogP contribution in [-0.4, -0.2) is 24.8 Å². The summed E-state index contributed by atoms with van der Waals surface area (Å²) in [6.45, 7) is -0.148. The Morgan fingerprint density at radius 2 is 1.67 bits per heavy atom. The van der Waals surface area contributed by atoms with Crippen molar-refractivity contribution >= 4 is 17.7 Å². The van der Waals surface area contributed by atoms with E-state index in [1.165, 1.54) is 25.5 Å². The first kappa shape index (κ1) is 16.8. The second-order valence-electron chi connectivity index (χ2n) is 5.98. The number of carbonyl (C=O) groups is 3. The molecule has 0 fully saturated rings. The molecule has 0 bridgehead atoms. The fourth-order valence-corrected chi connectivity index (χ4v) is 3.10. The zero-order valence-corrected chi connectivity index (χ0v) is 14.4. The first-order valence-electron chi connectivity index (χ1n) is 8.20. The molecule has 1 aliphatic rings. The lowest BCUT2D eigenvalue weighted by Gasteiger charge is -2.06. The average Bonchev–Trinajstić information content (AvgIpc) is 3.29. The van der Waals surface area contributed by atoms with Gasteiger partial charge in [-0.2, -0.15) is 0 Å². The fourth-order valence-electron chi connectivity index (χ4n) is 3.10. The van der Waals surface area contributed by atoms with Gasteiger partial charge < -0.3 is 13.9 Å². The largest absolute Gasteiger partial charge is 0.463 e. The maximum atomic E-state index is 12.5. The molecule has 6 nitrogen and oxygen atoms in total. The standard InChI is InChI=1S/C21H14O6/c1-25-21(24)19-13(8-9-26-19)11-27-20(23)12-6-7-15-14-4-2-3-5-16(14)18(22)17(15)10-12/h2-10H,11H2,1H3. The molecule has 1 heterocycles. The summed E-state index contributed by atoms with van der Waals surface area (Å²) >= 11 is 0. The Balaban J connectivity index is 1.54. The number of furan rings is 1. The molecule has 0 saturated carbocycles. The van der Waals surface area contributed by atoms with E-state index in [4.69, 9.17) is 9.15 Å². The fraction of sp³-hybridized carbons (Fsp3) is 0.0952. The molecule has 1 aliphatic carbocycles. The Bertz CT molecular complexity index is 1080. The molecular formula is C21H14O6. The van der Waals surface area contributed by atoms with Gasteiger partial charge in [-0.15, -0.1) is 0 Å². The monoisotopic (exact) mass is 362 g/mol. The molecule has 134 valence electrons. The molecule has 0 N–H and O–H groups in total. The molecule has 2 aromatic carbocycles. The first-order valence-corrected chi connectivity index (χ1v) is 8.20. The molecule has 4 rings (SSSR count). The maximum absolute atomic E-state index is 12.5. The van der Waals surface area contributed by atoms with Crippen LogP contribution in [0.25, 0.3) is 11.1 Å². The van der Waals surface area contributed by atoms with E-state index in [0.29, 0.717) is 16.7 Å². The van der Waals surface area contributed by atoms with E-state index in [0.717, 1.165) is 11.1 Å². The summed E-state index contributed by atoms with van der Waals surface area (Å²) in [5, 5.41) is 0. The molecule has 6 heteroatoms. The van der Waals surface area contributed by atoms with E-state index in [1.54, 1.807) is 18.2 Å². The maximum Gasteiger partial charge on any atom is 0.374 e. The number of methoxy groups -OCH3 is 1. The van der Waals surface area contributed by atoms with Crippen LogP contribution in [0, 0.1) is 0 Å². The quantitative estimate of drug-likeness (QED) is 0.516. The molecular weight excluding hydrogens is 348 g/mol. The number of esters is 2. The van der Waals surface area contributed by atoms with E-state index < -0.39 is 11.9 Å². The molecule has 0 saturated heterocycles. The number of ether oxygens (including phenoxy) is 2. The Hall–Kier alpha value is -3.67. The van der Waals surface area contributed by atoms with Crippen molar-refractivity contribution in [3.05, 3.63) is 82.8 Å². The zero-order valence-electron chi connectivity index (χ0n) is 14.4. The van der Waals surface area contributed by atoms with Crippen molar-refractivity contribution in [2.45, 2.75) is 6.61 Å². The first-order chi connectivity index (χ1) is 13.1. The second kappa shape index (κ2) is 6.57. The Morgan fingerprint density at radius 3 is 2.44 bits per heavy atom. The molecule has 0 unspecified atom stereocenters. The van der Waals surface area contributed by atoms with Gasteiger partial charge in [0.15, 0.2) is 5.78 Å². The van der Waals surface area contributed by atoms with Crippen molar-refractivity contribution < 1.29 is 28.3 Å². The topological polar surface area (TPSA) is 82.8 Å². The molecule has 0 amide bonds. The number of hydrogen-bond donors (Lipinski definition) is 0. The number of fused-ring (bicyclic) bond motifs is 3. The highest BCUT2D eigenvalue weighted by Gasteiger charge is 2.27. The van der Waals surface area contributed by atoms with Crippen molar-refractivity contribution in [2.75, 3.05) is 7.11 Å². The van der Waals surface area contributed by atoms with Crippen LogP contribution >= 0.6 is 0 Å². The van der Waals surface area contributed by atoms with Gasteiger partial charge in [-0.3, -0.25) is 4.79 Å². The highest BCUT2D eigenvalue weighted by atomic mass is 16.5. The summed E-state index contributed by atoms with van der Waals surface area (Å²) < 4.78 is 14.9. The summed E-state index contributed by atoms with van der Waals surface area (Å²) in [5.41, 5.74) is 3.43. The minimum atomic E-state index is -0.646. The van der Waals surface area contributed by atoms with Crippen molar-refractivity contribution in [2.24, 2.45) is 0 Å². The van der Waals surface area contributed by atoms with Gasteiger partial charge in [-0.1, -0.05) is 30.3 Å². The van der Waals surface area contributed by atoms with E-state index in [2.05, 4.69) is 4.74 Å². The van der Waals surface area contributed by atoms with Gasteiger partial charge in [0.1, 0.15) is 6.61 Å². The minimum Gasteiger partial charge on any atom is -0.463 e. The summed E-state index contributed by atoms with van der Waals surface area (Å²) in [6.07, 6.45) is 1.32. The third-order valence-electron chi connectivity index (χ3n) is 4.44. The molecule has 0 aliphatic heterocycles. The van der Waals surface area contributed by atoms with Crippen LogP contribution in [0.3, 0.4) is 0 Å². The Kier molecular flexibility index (Phi) is 4.08. The minimum absolute atomic E-state index is 0.00937. The lowest BCUT2D eigenvalue weighted by atomic mass is 10.0. The van der Waals surface area contributed by atoms with Crippen LogP contribution in [0.15, 0.2) is 59.2 Å². The van der Waals surface area contributed by atoms with Crippen molar-refractivity contribution in [3.8, 4) is 11.1 Å². The highest BCUT2D eigenvalue weighted by Crippen LogP contribution is 2.36. The van der Waals surface area contributed by atoms with E-state index >= 15 is 0 Å². The third kappa shape index (κ3) is 2.81. The second-order valence-corrected chi connectivity index (χ2v) is 5.98. The molecule has 0 atom stereocenters. The lowest BCUT2D eigenvalue weighted by molar-refractivity contribution is 0.0453. The Morgan fingerprint density at radius 1 is 0.926 bits per heavy atom. The van der Waals surface area contributed by atoms with Crippen molar-refractivity contribution in [1.29, 1.82) is 0 Å². The van der Waals surface area contributed by atoms with Crippen LogP contribution in [-0.2, 0) is 16.1 Å².